The van der Waals surface area contributed by atoms with E-state index in [1.165, 1.54) is 0 Å². The molecule has 0 aliphatic heterocycles. The molecule has 0 unspecified atom stereocenters. The van der Waals surface area contributed by atoms with Crippen LogP contribution in [0.4, 0.5) is 5.95 Å². The van der Waals surface area contributed by atoms with E-state index in [9.17, 15) is 4.79 Å². The van der Waals surface area contributed by atoms with Crippen LogP contribution in [0, 0.1) is 0 Å². The Hall–Kier alpha value is -1.76. The summed E-state index contributed by atoms with van der Waals surface area (Å²) in [5, 5.41) is 20.6. The van der Waals surface area contributed by atoms with Gasteiger partial charge in [-0.3, -0.25) is 9.69 Å². The van der Waals surface area contributed by atoms with Gasteiger partial charge in [-0.05, 0) is 32.2 Å². The first-order valence-corrected chi connectivity index (χ1v) is 8.02. The molecule has 1 fully saturated rings. The van der Waals surface area contributed by atoms with E-state index < -0.39 is 5.97 Å². The van der Waals surface area contributed by atoms with Crippen molar-refractivity contribution in [3.63, 3.8) is 0 Å². The van der Waals surface area contributed by atoms with E-state index in [1.807, 2.05) is 11.8 Å². The molecule has 22 heavy (non-hydrogen) atoms. The number of hydrogen-bond acceptors (Lipinski definition) is 6. The second-order valence-electron chi connectivity index (χ2n) is 5.66. The Balaban J connectivity index is 1.88. The molecule has 7 heteroatoms. The fourth-order valence-electron chi connectivity index (χ4n) is 2.86. The van der Waals surface area contributed by atoms with Gasteiger partial charge in [-0.1, -0.05) is 20.8 Å². The highest BCUT2D eigenvalue weighted by molar-refractivity contribution is 5.69. The number of nitrogens with zero attached hydrogens (tertiary/aromatic N) is 4. The van der Waals surface area contributed by atoms with Crippen LogP contribution >= 0.6 is 0 Å². The zero-order valence-electron chi connectivity index (χ0n) is 13.5. The molecule has 1 aromatic rings. The third-order valence-electron chi connectivity index (χ3n) is 4.22. The normalized spacial score (nSPS) is 20.7. The van der Waals surface area contributed by atoms with Crippen molar-refractivity contribution in [3.05, 3.63) is 11.4 Å². The largest absolute Gasteiger partial charge is 0.480 e. The second kappa shape index (κ2) is 7.49. The molecule has 1 aliphatic rings. The number of carbonyl (C=O) groups is 1. The predicted octanol–water partition coefficient (Wildman–Crippen LogP) is 1.35. The number of carboxylic acid groups (broad SMARTS) is 1. The van der Waals surface area contributed by atoms with E-state index in [2.05, 4.69) is 34.3 Å². The molecule has 122 valence electrons. The van der Waals surface area contributed by atoms with Crippen molar-refractivity contribution in [2.24, 2.45) is 0 Å². The first-order valence-electron chi connectivity index (χ1n) is 8.02. The average Bonchev–Trinajstić information content (AvgIpc) is 2.48. The van der Waals surface area contributed by atoms with Gasteiger partial charge in [0, 0.05) is 12.1 Å². The number of likely N-dealkylation sites (N-methyl/N-ethyl adjacent to an activating group) is 1. The molecule has 1 aliphatic carbocycles. The van der Waals surface area contributed by atoms with Gasteiger partial charge in [0.2, 0.25) is 5.95 Å². The van der Waals surface area contributed by atoms with Crippen LogP contribution in [0.25, 0.3) is 0 Å². The van der Waals surface area contributed by atoms with E-state index in [-0.39, 0.29) is 6.54 Å². The van der Waals surface area contributed by atoms with Crippen LogP contribution in [0.1, 0.15) is 45.0 Å². The quantitative estimate of drug-likeness (QED) is 0.749. The standard InChI is InChI=1S/C15H25N5O2/c1-4-12-13(5-2)18-19-15(17-12)16-10-7-11(8-10)20(6-3)9-14(21)22/h10-11H,4-9H2,1-3H3,(H,21,22)(H,16,17,19). The summed E-state index contributed by atoms with van der Waals surface area (Å²) in [6.07, 6.45) is 3.53. The summed E-state index contributed by atoms with van der Waals surface area (Å²) in [5.41, 5.74) is 1.95. The lowest BCUT2D eigenvalue weighted by molar-refractivity contribution is -0.139. The average molecular weight is 307 g/mol. The Morgan fingerprint density at radius 3 is 2.45 bits per heavy atom. The molecule has 0 amide bonds. The molecule has 0 spiro atoms. The molecular formula is C15H25N5O2. The maximum atomic E-state index is 10.8. The molecular weight excluding hydrogens is 282 g/mol. The molecule has 1 heterocycles. The van der Waals surface area contributed by atoms with Crippen molar-refractivity contribution < 1.29 is 9.90 Å². The second-order valence-corrected chi connectivity index (χ2v) is 5.66. The van der Waals surface area contributed by atoms with Crippen molar-refractivity contribution in [2.45, 2.75) is 58.5 Å². The topological polar surface area (TPSA) is 91.2 Å². The minimum Gasteiger partial charge on any atom is -0.480 e. The highest BCUT2D eigenvalue weighted by Crippen LogP contribution is 2.27. The zero-order valence-corrected chi connectivity index (χ0v) is 13.5. The van der Waals surface area contributed by atoms with Crippen LogP contribution in [0.2, 0.25) is 0 Å². The number of hydrogen-bond donors (Lipinski definition) is 2. The van der Waals surface area contributed by atoms with Crippen molar-refractivity contribution in [3.8, 4) is 0 Å². The van der Waals surface area contributed by atoms with Crippen LogP contribution in [-0.4, -0.2) is 56.3 Å². The monoisotopic (exact) mass is 307 g/mol. The molecule has 0 atom stereocenters. The first-order chi connectivity index (χ1) is 10.6. The third kappa shape index (κ3) is 3.91. The fraction of sp³-hybridized carbons (Fsp3) is 0.733. The Labute approximate surface area is 131 Å². The number of nitrogens with one attached hydrogen (secondary N) is 1. The Bertz CT molecular complexity index is 517. The Kier molecular flexibility index (Phi) is 5.65. The van der Waals surface area contributed by atoms with E-state index in [4.69, 9.17) is 5.11 Å². The number of anilines is 1. The van der Waals surface area contributed by atoms with Crippen molar-refractivity contribution in [2.75, 3.05) is 18.4 Å². The summed E-state index contributed by atoms with van der Waals surface area (Å²) in [6.45, 7) is 6.98. The highest BCUT2D eigenvalue weighted by atomic mass is 16.4. The SMILES string of the molecule is CCc1nnc(NC2CC(N(CC)CC(=O)O)C2)nc1CC. The Morgan fingerprint density at radius 2 is 1.91 bits per heavy atom. The molecule has 1 saturated carbocycles. The maximum absolute atomic E-state index is 10.8. The van der Waals surface area contributed by atoms with Gasteiger partial charge in [-0.25, -0.2) is 4.98 Å². The highest BCUT2D eigenvalue weighted by Gasteiger charge is 2.34. The minimum absolute atomic E-state index is 0.108. The van der Waals surface area contributed by atoms with Crippen molar-refractivity contribution >= 4 is 11.9 Å². The van der Waals surface area contributed by atoms with Gasteiger partial charge in [0.1, 0.15) is 0 Å². The number of aryl methyl sites for hydroxylation is 2. The summed E-state index contributed by atoms with van der Waals surface area (Å²) < 4.78 is 0. The smallest absolute Gasteiger partial charge is 0.317 e. The summed E-state index contributed by atoms with van der Waals surface area (Å²) in [7, 11) is 0. The van der Waals surface area contributed by atoms with Gasteiger partial charge in [-0.2, -0.15) is 5.10 Å². The van der Waals surface area contributed by atoms with Crippen LogP contribution in [0.3, 0.4) is 0 Å². The van der Waals surface area contributed by atoms with Gasteiger partial charge in [0.15, 0.2) is 0 Å². The predicted molar refractivity (Wildman–Crippen MR) is 83.9 cm³/mol. The number of rotatable bonds is 8. The molecule has 0 saturated heterocycles. The number of aromatic nitrogens is 3. The van der Waals surface area contributed by atoms with E-state index >= 15 is 0 Å². The number of aliphatic carboxylic acids is 1. The molecule has 0 radical (unpaired) electrons. The van der Waals surface area contributed by atoms with E-state index in [1.54, 1.807) is 0 Å². The molecule has 0 aromatic carbocycles. The maximum Gasteiger partial charge on any atom is 0.317 e. The van der Waals surface area contributed by atoms with Gasteiger partial charge < -0.3 is 10.4 Å². The first kappa shape index (κ1) is 16.6. The lowest BCUT2D eigenvalue weighted by Gasteiger charge is -2.42. The van der Waals surface area contributed by atoms with E-state index in [0.29, 0.717) is 18.0 Å². The van der Waals surface area contributed by atoms with Crippen LogP contribution in [0.15, 0.2) is 0 Å². The summed E-state index contributed by atoms with van der Waals surface area (Å²) >= 11 is 0. The van der Waals surface area contributed by atoms with Crippen molar-refractivity contribution in [1.29, 1.82) is 0 Å². The lowest BCUT2D eigenvalue weighted by atomic mass is 9.85. The van der Waals surface area contributed by atoms with Crippen LogP contribution < -0.4 is 5.32 Å². The lowest BCUT2D eigenvalue weighted by Crippen LogP contribution is -2.51. The Morgan fingerprint density at radius 1 is 1.23 bits per heavy atom. The van der Waals surface area contributed by atoms with Gasteiger partial charge >= 0.3 is 5.97 Å². The van der Waals surface area contributed by atoms with Crippen LogP contribution in [0.5, 0.6) is 0 Å². The zero-order chi connectivity index (χ0) is 16.1. The summed E-state index contributed by atoms with van der Waals surface area (Å²) in [6, 6.07) is 0.624. The fourth-order valence-corrected chi connectivity index (χ4v) is 2.86. The minimum atomic E-state index is -0.770. The van der Waals surface area contributed by atoms with Gasteiger partial charge in [0.05, 0.1) is 17.9 Å². The number of carboxylic acids is 1. The van der Waals surface area contributed by atoms with Crippen LogP contribution in [-0.2, 0) is 17.6 Å². The third-order valence-corrected chi connectivity index (χ3v) is 4.22. The van der Waals surface area contributed by atoms with Crippen molar-refractivity contribution in [1.82, 2.24) is 20.1 Å². The molecule has 7 nitrogen and oxygen atoms in total. The summed E-state index contributed by atoms with van der Waals surface area (Å²) in [5.74, 6) is -0.188. The summed E-state index contributed by atoms with van der Waals surface area (Å²) in [4.78, 5) is 17.4. The molecule has 2 N–H and O–H groups in total. The van der Waals surface area contributed by atoms with E-state index in [0.717, 1.165) is 43.6 Å². The molecule has 0 bridgehead atoms. The van der Waals surface area contributed by atoms with Gasteiger partial charge in [0.25, 0.3) is 0 Å². The molecule has 1 aromatic heterocycles. The van der Waals surface area contributed by atoms with Gasteiger partial charge in [-0.15, -0.1) is 5.10 Å². The molecule has 2 rings (SSSR count).